The van der Waals surface area contributed by atoms with Gasteiger partial charge in [0.1, 0.15) is 13.2 Å². The van der Waals surface area contributed by atoms with Crippen molar-refractivity contribution in [2.45, 2.75) is 44.9 Å². The summed E-state index contributed by atoms with van der Waals surface area (Å²) in [6, 6.07) is 9.03. The highest BCUT2D eigenvalue weighted by molar-refractivity contribution is 6.01. The molecule has 1 fully saturated rings. The monoisotopic (exact) mass is 424 g/mol. The van der Waals surface area contributed by atoms with Crippen LogP contribution in [0.3, 0.4) is 0 Å². The van der Waals surface area contributed by atoms with E-state index in [1.807, 2.05) is 18.2 Å². The maximum absolute atomic E-state index is 12.2. The van der Waals surface area contributed by atoms with Crippen molar-refractivity contribution in [3.05, 3.63) is 41.5 Å². The zero-order valence-corrected chi connectivity index (χ0v) is 17.8. The van der Waals surface area contributed by atoms with Crippen LogP contribution in [0.5, 0.6) is 17.2 Å². The van der Waals surface area contributed by atoms with E-state index in [2.05, 4.69) is 0 Å². The first-order valence-corrected chi connectivity index (χ1v) is 10.9. The molecule has 1 saturated carbocycles. The molecule has 164 valence electrons. The molecule has 0 amide bonds. The van der Waals surface area contributed by atoms with E-state index in [0.717, 1.165) is 54.4 Å². The molecule has 2 aromatic carbocycles. The molecule has 6 nitrogen and oxygen atoms in total. The smallest absolute Gasteiger partial charge is 0.309 e. The summed E-state index contributed by atoms with van der Waals surface area (Å²) < 4.78 is 16.7. The molecule has 6 heteroatoms. The zero-order valence-electron chi connectivity index (χ0n) is 17.8. The Morgan fingerprint density at radius 2 is 1.77 bits per heavy atom. The number of aryl methyl sites for hydroxylation is 1. The van der Waals surface area contributed by atoms with Crippen LogP contribution in [0, 0.1) is 5.92 Å². The van der Waals surface area contributed by atoms with Crippen molar-refractivity contribution < 1.29 is 28.9 Å². The van der Waals surface area contributed by atoms with E-state index in [1.165, 1.54) is 13.5 Å². The minimum absolute atomic E-state index is 0.00580. The molecule has 0 spiro atoms. The Labute approximate surface area is 182 Å². The van der Waals surface area contributed by atoms with Crippen LogP contribution in [0.2, 0.25) is 0 Å². The highest BCUT2D eigenvalue weighted by Crippen LogP contribution is 2.44. The molecule has 0 saturated heterocycles. The second kappa shape index (κ2) is 9.41. The maximum atomic E-state index is 12.2. The summed E-state index contributed by atoms with van der Waals surface area (Å²) in [5.74, 6) is 0.592. The average Bonchev–Trinajstić information content (AvgIpc) is 3.17. The molecule has 0 bridgehead atoms. The Hall–Kier alpha value is -3.02. The lowest BCUT2D eigenvalue weighted by atomic mass is 9.89. The third-order valence-corrected chi connectivity index (χ3v) is 6.15. The summed E-state index contributed by atoms with van der Waals surface area (Å²) in [6.07, 6.45) is 6.39. The SMILES string of the molecule is COc1c(O)ccc(-c2ccc3c(c2)CCC3=O)c1OCCOC(=O)C1CCCCC1. The van der Waals surface area contributed by atoms with Crippen molar-refractivity contribution in [3.63, 3.8) is 0 Å². The molecule has 0 unspecified atom stereocenters. The molecule has 31 heavy (non-hydrogen) atoms. The molecule has 0 heterocycles. The number of benzene rings is 2. The van der Waals surface area contributed by atoms with Crippen molar-refractivity contribution in [1.29, 1.82) is 0 Å². The minimum Gasteiger partial charge on any atom is -0.504 e. The summed E-state index contributed by atoms with van der Waals surface area (Å²) in [7, 11) is 1.47. The first-order chi connectivity index (χ1) is 15.1. The number of fused-ring (bicyclic) bond motifs is 1. The number of rotatable bonds is 7. The van der Waals surface area contributed by atoms with Gasteiger partial charge in [0.05, 0.1) is 13.0 Å². The number of methoxy groups -OCH3 is 1. The van der Waals surface area contributed by atoms with Crippen LogP contribution >= 0.6 is 0 Å². The first kappa shape index (κ1) is 21.2. The number of carbonyl (C=O) groups is 2. The molecular formula is C25H28O6. The van der Waals surface area contributed by atoms with E-state index in [0.29, 0.717) is 12.2 Å². The van der Waals surface area contributed by atoms with E-state index < -0.39 is 0 Å². The fourth-order valence-corrected chi connectivity index (χ4v) is 4.49. The second-order valence-corrected chi connectivity index (χ2v) is 8.14. The first-order valence-electron chi connectivity index (χ1n) is 10.9. The Morgan fingerprint density at radius 3 is 2.55 bits per heavy atom. The number of hydrogen-bond donors (Lipinski definition) is 1. The van der Waals surface area contributed by atoms with E-state index in [1.54, 1.807) is 12.1 Å². The predicted molar refractivity (Wildman–Crippen MR) is 116 cm³/mol. The molecule has 2 aromatic rings. The van der Waals surface area contributed by atoms with Crippen molar-refractivity contribution in [1.82, 2.24) is 0 Å². The van der Waals surface area contributed by atoms with Gasteiger partial charge in [-0.05, 0) is 42.5 Å². The molecule has 0 aromatic heterocycles. The number of aromatic hydroxyl groups is 1. The van der Waals surface area contributed by atoms with Crippen molar-refractivity contribution in [2.24, 2.45) is 5.92 Å². The number of esters is 1. The lowest BCUT2D eigenvalue weighted by molar-refractivity contribution is -0.150. The van der Waals surface area contributed by atoms with Gasteiger partial charge in [-0.25, -0.2) is 0 Å². The van der Waals surface area contributed by atoms with Crippen LogP contribution in [-0.2, 0) is 16.0 Å². The Bertz CT molecular complexity index is 974. The number of ether oxygens (including phenoxy) is 3. The van der Waals surface area contributed by atoms with Crippen LogP contribution in [0.15, 0.2) is 30.3 Å². The molecular weight excluding hydrogens is 396 g/mol. The molecule has 4 rings (SSSR count). The van der Waals surface area contributed by atoms with Gasteiger partial charge >= 0.3 is 5.97 Å². The zero-order chi connectivity index (χ0) is 21.8. The molecule has 0 aliphatic heterocycles. The van der Waals surface area contributed by atoms with Gasteiger partial charge in [0.15, 0.2) is 17.3 Å². The third-order valence-electron chi connectivity index (χ3n) is 6.15. The van der Waals surface area contributed by atoms with Crippen LogP contribution in [0.4, 0.5) is 0 Å². The van der Waals surface area contributed by atoms with Crippen LogP contribution in [0.1, 0.15) is 54.4 Å². The molecule has 2 aliphatic rings. The molecule has 2 aliphatic carbocycles. The highest BCUT2D eigenvalue weighted by atomic mass is 16.6. The van der Waals surface area contributed by atoms with Crippen LogP contribution in [-0.4, -0.2) is 37.2 Å². The number of carbonyl (C=O) groups excluding carboxylic acids is 2. The summed E-state index contributed by atoms with van der Waals surface area (Å²) >= 11 is 0. The van der Waals surface area contributed by atoms with Gasteiger partial charge < -0.3 is 19.3 Å². The lowest BCUT2D eigenvalue weighted by Gasteiger charge is -2.20. The van der Waals surface area contributed by atoms with Crippen LogP contribution < -0.4 is 9.47 Å². The van der Waals surface area contributed by atoms with Crippen LogP contribution in [0.25, 0.3) is 11.1 Å². The standard InChI is InChI=1S/C25H28O6/c1-29-24-22(27)12-10-20(18-7-9-19-17(15-18)8-11-21(19)26)23(24)30-13-14-31-25(28)16-5-3-2-4-6-16/h7,9-10,12,15-16,27H,2-6,8,11,13-14H2,1H3. The summed E-state index contributed by atoms with van der Waals surface area (Å²) in [6.45, 7) is 0.279. The van der Waals surface area contributed by atoms with Gasteiger partial charge in [-0.1, -0.05) is 37.5 Å². The topological polar surface area (TPSA) is 82.1 Å². The van der Waals surface area contributed by atoms with Gasteiger partial charge in [-0.3, -0.25) is 9.59 Å². The molecule has 1 N–H and O–H groups in total. The minimum atomic E-state index is -0.158. The predicted octanol–water partition coefficient (Wildman–Crippen LogP) is 4.70. The van der Waals surface area contributed by atoms with E-state index >= 15 is 0 Å². The van der Waals surface area contributed by atoms with Gasteiger partial charge in [0.2, 0.25) is 5.75 Å². The van der Waals surface area contributed by atoms with Gasteiger partial charge in [0, 0.05) is 17.5 Å². The van der Waals surface area contributed by atoms with Gasteiger partial charge in [-0.2, -0.15) is 0 Å². The Kier molecular flexibility index (Phi) is 6.44. The number of ketones is 1. The Balaban J connectivity index is 1.49. The normalized spacial score (nSPS) is 16.1. The quantitative estimate of drug-likeness (QED) is 0.513. The van der Waals surface area contributed by atoms with E-state index in [4.69, 9.17) is 14.2 Å². The Morgan fingerprint density at radius 1 is 1.00 bits per heavy atom. The van der Waals surface area contributed by atoms with Gasteiger partial charge in [-0.15, -0.1) is 0 Å². The largest absolute Gasteiger partial charge is 0.504 e. The third kappa shape index (κ3) is 4.53. The molecule has 0 radical (unpaired) electrons. The highest BCUT2D eigenvalue weighted by Gasteiger charge is 2.24. The van der Waals surface area contributed by atoms with E-state index in [-0.39, 0.29) is 42.4 Å². The summed E-state index contributed by atoms with van der Waals surface area (Å²) in [5.41, 5.74) is 3.41. The summed E-state index contributed by atoms with van der Waals surface area (Å²) in [5, 5.41) is 10.2. The fourth-order valence-electron chi connectivity index (χ4n) is 4.49. The lowest BCUT2D eigenvalue weighted by Crippen LogP contribution is -2.22. The second-order valence-electron chi connectivity index (χ2n) is 8.14. The molecule has 0 atom stereocenters. The number of phenols is 1. The number of hydrogen-bond acceptors (Lipinski definition) is 6. The van der Waals surface area contributed by atoms with Gasteiger partial charge in [0.25, 0.3) is 0 Å². The van der Waals surface area contributed by atoms with E-state index in [9.17, 15) is 14.7 Å². The summed E-state index contributed by atoms with van der Waals surface area (Å²) in [4.78, 5) is 24.2. The number of Topliss-reactive ketones (excluding diaryl/α,β-unsaturated/α-hetero) is 1. The maximum Gasteiger partial charge on any atom is 0.309 e. The van der Waals surface area contributed by atoms with Crippen molar-refractivity contribution in [3.8, 4) is 28.4 Å². The average molecular weight is 424 g/mol. The fraction of sp³-hybridized carbons (Fsp3) is 0.440. The van der Waals surface area contributed by atoms with Crippen molar-refractivity contribution >= 4 is 11.8 Å². The van der Waals surface area contributed by atoms with Crippen molar-refractivity contribution in [2.75, 3.05) is 20.3 Å². The number of phenolic OH excluding ortho intramolecular Hbond substituents is 1.